The van der Waals surface area contributed by atoms with Gasteiger partial charge in [-0.1, -0.05) is 12.1 Å². The maximum absolute atomic E-state index is 11.0. The molecule has 4 nitrogen and oxygen atoms in total. The second kappa shape index (κ2) is 3.91. The highest BCUT2D eigenvalue weighted by Gasteiger charge is 2.10. The molecule has 0 aromatic heterocycles. The van der Waals surface area contributed by atoms with Crippen LogP contribution in [0.5, 0.6) is 5.75 Å². The lowest BCUT2D eigenvalue weighted by Gasteiger charge is -2.07. The smallest absolute Gasteiger partial charge is 0.253 e. The summed E-state index contributed by atoms with van der Waals surface area (Å²) >= 11 is 0. The number of nitrogens with one attached hydrogen (secondary N) is 1. The monoisotopic (exact) mass is 181 g/mol. The van der Waals surface area contributed by atoms with Gasteiger partial charge in [-0.15, -0.1) is 0 Å². The molecule has 3 N–H and O–H groups in total. The van der Waals surface area contributed by atoms with Gasteiger partial charge in [0.2, 0.25) is 0 Å². The molecule has 1 rings (SSSR count). The van der Waals surface area contributed by atoms with Crippen molar-refractivity contribution < 1.29 is 15.0 Å². The van der Waals surface area contributed by atoms with Crippen LogP contribution < -0.4 is 5.32 Å². The molecule has 0 aliphatic rings. The summed E-state index contributed by atoms with van der Waals surface area (Å²) in [4.78, 5) is 11.0. The van der Waals surface area contributed by atoms with Crippen LogP contribution in [0.3, 0.4) is 0 Å². The molecular formula is C9H11NO3. The van der Waals surface area contributed by atoms with Crippen LogP contribution in [0.25, 0.3) is 0 Å². The van der Waals surface area contributed by atoms with Crippen molar-refractivity contribution in [2.45, 2.75) is 13.0 Å². The van der Waals surface area contributed by atoms with Crippen molar-refractivity contribution in [3.8, 4) is 5.75 Å². The first kappa shape index (κ1) is 9.54. The molecule has 1 aromatic rings. The largest absolute Gasteiger partial charge is 0.506 e. The number of phenolic OH excluding ortho intramolecular Hbond substituents is 1. The standard InChI is InChI=1S/C9H11NO3/c1-6(11)9(13)10-7-4-2-3-5-8(7)12/h2-6,11-12H,1H3,(H,10,13). The average molecular weight is 181 g/mol. The molecule has 4 heteroatoms. The number of rotatable bonds is 2. The van der Waals surface area contributed by atoms with Crippen molar-refractivity contribution in [1.82, 2.24) is 0 Å². The van der Waals surface area contributed by atoms with Gasteiger partial charge in [-0.2, -0.15) is 0 Å². The van der Waals surface area contributed by atoms with Gasteiger partial charge in [-0.25, -0.2) is 0 Å². The van der Waals surface area contributed by atoms with Gasteiger partial charge >= 0.3 is 0 Å². The number of para-hydroxylation sites is 2. The lowest BCUT2D eigenvalue weighted by atomic mass is 10.3. The Balaban J connectivity index is 2.75. The van der Waals surface area contributed by atoms with Gasteiger partial charge in [-0.3, -0.25) is 4.79 Å². The van der Waals surface area contributed by atoms with E-state index in [9.17, 15) is 9.90 Å². The summed E-state index contributed by atoms with van der Waals surface area (Å²) < 4.78 is 0. The number of aliphatic hydroxyl groups is 1. The third kappa shape index (κ3) is 2.45. The number of carbonyl (C=O) groups excluding carboxylic acids is 1. The van der Waals surface area contributed by atoms with Crippen molar-refractivity contribution in [1.29, 1.82) is 0 Å². The Labute approximate surface area is 75.8 Å². The fourth-order valence-electron chi connectivity index (χ4n) is 0.817. The summed E-state index contributed by atoms with van der Waals surface area (Å²) in [5.41, 5.74) is 0.299. The van der Waals surface area contributed by atoms with Gasteiger partial charge in [-0.05, 0) is 19.1 Å². The molecule has 0 fully saturated rings. The fourth-order valence-corrected chi connectivity index (χ4v) is 0.817. The van der Waals surface area contributed by atoms with E-state index in [0.717, 1.165) is 0 Å². The molecule has 1 amide bonds. The van der Waals surface area contributed by atoms with Crippen LogP contribution in [0.4, 0.5) is 5.69 Å². The molecule has 0 saturated carbocycles. The summed E-state index contributed by atoms with van der Waals surface area (Å²) in [5.74, 6) is -0.557. The van der Waals surface area contributed by atoms with Crippen LogP contribution in [0.15, 0.2) is 24.3 Å². The molecule has 13 heavy (non-hydrogen) atoms. The average Bonchev–Trinajstić information content (AvgIpc) is 2.08. The zero-order valence-electron chi connectivity index (χ0n) is 7.19. The topological polar surface area (TPSA) is 69.6 Å². The van der Waals surface area contributed by atoms with E-state index in [1.165, 1.54) is 13.0 Å². The van der Waals surface area contributed by atoms with Crippen molar-refractivity contribution in [2.24, 2.45) is 0 Å². The van der Waals surface area contributed by atoms with Crippen molar-refractivity contribution >= 4 is 11.6 Å². The number of amides is 1. The second-order valence-corrected chi connectivity index (χ2v) is 2.68. The molecular weight excluding hydrogens is 170 g/mol. The lowest BCUT2D eigenvalue weighted by molar-refractivity contribution is -0.123. The highest BCUT2D eigenvalue weighted by molar-refractivity contribution is 5.94. The predicted octanol–water partition coefficient (Wildman–Crippen LogP) is 0.711. The molecule has 0 aliphatic carbocycles. The molecule has 1 atom stereocenters. The fraction of sp³-hybridized carbons (Fsp3) is 0.222. The normalized spacial score (nSPS) is 12.2. The predicted molar refractivity (Wildman–Crippen MR) is 48.4 cm³/mol. The van der Waals surface area contributed by atoms with E-state index < -0.39 is 12.0 Å². The highest BCUT2D eigenvalue weighted by Crippen LogP contribution is 2.21. The maximum Gasteiger partial charge on any atom is 0.253 e. The summed E-state index contributed by atoms with van der Waals surface area (Å²) in [6.07, 6.45) is -1.08. The number of hydrogen-bond acceptors (Lipinski definition) is 3. The van der Waals surface area contributed by atoms with Gasteiger partial charge in [0.1, 0.15) is 11.9 Å². The molecule has 0 spiro atoms. The molecule has 0 aliphatic heterocycles. The summed E-state index contributed by atoms with van der Waals surface area (Å²) in [6.45, 7) is 1.36. The Morgan fingerprint density at radius 3 is 2.62 bits per heavy atom. The summed E-state index contributed by atoms with van der Waals surface area (Å²) in [7, 11) is 0. The number of carbonyl (C=O) groups is 1. The van der Waals surface area contributed by atoms with Crippen LogP contribution in [0.1, 0.15) is 6.92 Å². The Morgan fingerprint density at radius 1 is 1.46 bits per heavy atom. The van der Waals surface area contributed by atoms with E-state index in [-0.39, 0.29) is 5.75 Å². The molecule has 70 valence electrons. The lowest BCUT2D eigenvalue weighted by Crippen LogP contribution is -2.24. The van der Waals surface area contributed by atoms with E-state index in [4.69, 9.17) is 5.11 Å². The number of anilines is 1. The van der Waals surface area contributed by atoms with Crippen LogP contribution in [0.2, 0.25) is 0 Å². The zero-order chi connectivity index (χ0) is 9.84. The van der Waals surface area contributed by atoms with E-state index in [2.05, 4.69) is 5.32 Å². The van der Waals surface area contributed by atoms with Gasteiger partial charge in [0.15, 0.2) is 0 Å². The maximum atomic E-state index is 11.0. The molecule has 1 unspecified atom stereocenters. The number of phenols is 1. The minimum atomic E-state index is -1.08. The first-order chi connectivity index (χ1) is 6.11. The first-order valence-electron chi connectivity index (χ1n) is 3.88. The van der Waals surface area contributed by atoms with Crippen molar-refractivity contribution in [2.75, 3.05) is 5.32 Å². The number of aliphatic hydroxyl groups excluding tert-OH is 1. The highest BCUT2D eigenvalue weighted by atomic mass is 16.3. The molecule has 1 aromatic carbocycles. The second-order valence-electron chi connectivity index (χ2n) is 2.68. The molecule has 0 heterocycles. The first-order valence-corrected chi connectivity index (χ1v) is 3.88. The van der Waals surface area contributed by atoms with Crippen molar-refractivity contribution in [3.05, 3.63) is 24.3 Å². The third-order valence-corrected chi connectivity index (χ3v) is 1.54. The van der Waals surface area contributed by atoms with Crippen LogP contribution in [-0.4, -0.2) is 22.2 Å². The van der Waals surface area contributed by atoms with Crippen LogP contribution in [0, 0.1) is 0 Å². The quantitative estimate of drug-likeness (QED) is 0.588. The van der Waals surface area contributed by atoms with Crippen molar-refractivity contribution in [3.63, 3.8) is 0 Å². The van der Waals surface area contributed by atoms with Gasteiger partial charge in [0.05, 0.1) is 5.69 Å². The Kier molecular flexibility index (Phi) is 2.87. The third-order valence-electron chi connectivity index (χ3n) is 1.54. The number of aromatic hydroxyl groups is 1. The zero-order valence-corrected chi connectivity index (χ0v) is 7.19. The van der Waals surface area contributed by atoms with E-state index >= 15 is 0 Å². The van der Waals surface area contributed by atoms with Crippen LogP contribution >= 0.6 is 0 Å². The molecule has 0 bridgehead atoms. The van der Waals surface area contributed by atoms with E-state index in [0.29, 0.717) is 5.69 Å². The molecule has 0 radical (unpaired) electrons. The Hall–Kier alpha value is -1.55. The number of benzene rings is 1. The van der Waals surface area contributed by atoms with Crippen LogP contribution in [-0.2, 0) is 4.79 Å². The van der Waals surface area contributed by atoms with E-state index in [1.807, 2.05) is 0 Å². The van der Waals surface area contributed by atoms with Gasteiger partial charge in [0.25, 0.3) is 5.91 Å². The summed E-state index contributed by atoms with van der Waals surface area (Å²) in [5, 5.41) is 20.5. The molecule has 0 saturated heterocycles. The Morgan fingerprint density at radius 2 is 2.08 bits per heavy atom. The van der Waals surface area contributed by atoms with Gasteiger partial charge in [0, 0.05) is 0 Å². The van der Waals surface area contributed by atoms with E-state index in [1.54, 1.807) is 18.2 Å². The Bertz CT molecular complexity index is 309. The van der Waals surface area contributed by atoms with Gasteiger partial charge < -0.3 is 15.5 Å². The summed E-state index contributed by atoms with van der Waals surface area (Å²) in [6, 6.07) is 6.33. The number of hydrogen-bond donors (Lipinski definition) is 3. The minimum Gasteiger partial charge on any atom is -0.506 e. The minimum absolute atomic E-state index is 0.0171. The SMILES string of the molecule is CC(O)C(=O)Nc1ccccc1O.